The van der Waals surface area contributed by atoms with Crippen LogP contribution in [-0.4, -0.2) is 30.0 Å². The Bertz CT molecular complexity index is 762. The Morgan fingerprint density at radius 3 is 2.50 bits per heavy atom. The summed E-state index contributed by atoms with van der Waals surface area (Å²) in [5.41, 5.74) is 0.737. The lowest BCUT2D eigenvalue weighted by Gasteiger charge is -2.09. The maximum atomic E-state index is 12.1. The number of anilines is 2. The van der Waals surface area contributed by atoms with Gasteiger partial charge in [-0.3, -0.25) is 10.1 Å². The van der Waals surface area contributed by atoms with E-state index in [1.165, 1.54) is 12.1 Å². The van der Waals surface area contributed by atoms with Crippen molar-refractivity contribution in [3.63, 3.8) is 0 Å². The SMILES string of the molecule is CCOC(=O)Nc1nc(CC(=O)Nc2ccc(OC(F)(F)F)cc2)cs1. The number of carbonyl (C=O) groups is 2. The summed E-state index contributed by atoms with van der Waals surface area (Å²) in [5, 5.41) is 6.84. The third-order valence-corrected chi connectivity index (χ3v) is 3.56. The molecule has 140 valence electrons. The number of amides is 2. The number of ether oxygens (including phenoxy) is 2. The highest BCUT2D eigenvalue weighted by Crippen LogP contribution is 2.24. The number of thiazole rings is 1. The number of alkyl halides is 3. The van der Waals surface area contributed by atoms with Crippen molar-refractivity contribution in [3.8, 4) is 5.75 Å². The Balaban J connectivity index is 1.87. The summed E-state index contributed by atoms with van der Waals surface area (Å²) < 4.78 is 44.7. The smallest absolute Gasteiger partial charge is 0.450 e. The Labute approximate surface area is 150 Å². The van der Waals surface area contributed by atoms with Crippen molar-refractivity contribution in [1.82, 2.24) is 4.98 Å². The molecular weight excluding hydrogens is 375 g/mol. The van der Waals surface area contributed by atoms with Crippen LogP contribution in [0.5, 0.6) is 5.75 Å². The lowest BCUT2D eigenvalue weighted by Crippen LogP contribution is -2.17. The zero-order valence-electron chi connectivity index (χ0n) is 13.4. The molecule has 0 spiro atoms. The van der Waals surface area contributed by atoms with Crippen LogP contribution in [0.25, 0.3) is 0 Å². The van der Waals surface area contributed by atoms with Crippen molar-refractivity contribution in [3.05, 3.63) is 35.3 Å². The summed E-state index contributed by atoms with van der Waals surface area (Å²) >= 11 is 1.13. The maximum absolute atomic E-state index is 12.1. The summed E-state index contributed by atoms with van der Waals surface area (Å²) in [6.07, 6.45) is -5.48. The van der Waals surface area contributed by atoms with E-state index in [0.717, 1.165) is 23.5 Å². The molecule has 0 radical (unpaired) electrons. The van der Waals surface area contributed by atoms with Gasteiger partial charge in [-0.25, -0.2) is 9.78 Å². The molecule has 0 saturated carbocycles. The number of rotatable bonds is 6. The van der Waals surface area contributed by atoms with Crippen LogP contribution in [0.1, 0.15) is 12.6 Å². The summed E-state index contributed by atoms with van der Waals surface area (Å²) in [4.78, 5) is 27.3. The molecule has 0 unspecified atom stereocenters. The maximum Gasteiger partial charge on any atom is 0.573 e. The number of halogens is 3. The first-order chi connectivity index (χ1) is 12.2. The predicted molar refractivity (Wildman–Crippen MR) is 88.2 cm³/mol. The second-order valence-electron chi connectivity index (χ2n) is 4.79. The Morgan fingerprint density at radius 2 is 1.88 bits per heavy atom. The minimum Gasteiger partial charge on any atom is -0.450 e. The standard InChI is InChI=1S/C15H14F3N3O4S/c1-2-24-14(23)21-13-20-10(8-26-13)7-12(22)19-9-3-5-11(6-4-9)25-15(16,17)18/h3-6,8H,2,7H2,1H3,(H,19,22)(H,20,21,23). The largest absolute Gasteiger partial charge is 0.573 e. The number of hydrogen-bond donors (Lipinski definition) is 2. The van der Waals surface area contributed by atoms with Crippen LogP contribution < -0.4 is 15.4 Å². The van der Waals surface area contributed by atoms with Gasteiger partial charge in [-0.05, 0) is 31.2 Å². The minimum atomic E-state index is -4.77. The van der Waals surface area contributed by atoms with Crippen LogP contribution in [-0.2, 0) is 16.0 Å². The van der Waals surface area contributed by atoms with Gasteiger partial charge in [0.15, 0.2) is 5.13 Å². The van der Waals surface area contributed by atoms with Crippen LogP contribution in [0, 0.1) is 0 Å². The van der Waals surface area contributed by atoms with Gasteiger partial charge in [0.2, 0.25) is 5.91 Å². The molecule has 2 amide bonds. The summed E-state index contributed by atoms with van der Waals surface area (Å²) in [5.74, 6) is -0.799. The average molecular weight is 389 g/mol. The van der Waals surface area contributed by atoms with E-state index in [0.29, 0.717) is 16.5 Å². The predicted octanol–water partition coefficient (Wildman–Crippen LogP) is 3.79. The second-order valence-corrected chi connectivity index (χ2v) is 5.64. The summed E-state index contributed by atoms with van der Waals surface area (Å²) in [7, 11) is 0. The minimum absolute atomic E-state index is 0.0677. The molecular formula is C15H14F3N3O4S. The van der Waals surface area contributed by atoms with E-state index in [4.69, 9.17) is 4.74 Å². The molecule has 0 saturated heterocycles. The second kappa shape index (κ2) is 8.52. The van der Waals surface area contributed by atoms with Gasteiger partial charge in [0.05, 0.1) is 18.7 Å². The molecule has 0 fully saturated rings. The van der Waals surface area contributed by atoms with Gasteiger partial charge in [0.25, 0.3) is 0 Å². The highest BCUT2D eigenvalue weighted by atomic mass is 32.1. The van der Waals surface area contributed by atoms with E-state index in [1.807, 2.05) is 0 Å². The van der Waals surface area contributed by atoms with E-state index < -0.39 is 18.4 Å². The topological polar surface area (TPSA) is 89.5 Å². The molecule has 0 aliphatic rings. The summed E-state index contributed by atoms with van der Waals surface area (Å²) in [6.45, 7) is 1.89. The zero-order valence-corrected chi connectivity index (χ0v) is 14.2. The van der Waals surface area contributed by atoms with Gasteiger partial charge in [-0.2, -0.15) is 0 Å². The molecule has 0 atom stereocenters. The quantitative estimate of drug-likeness (QED) is 0.785. The molecule has 0 aliphatic heterocycles. The molecule has 2 aromatic rings. The highest BCUT2D eigenvalue weighted by molar-refractivity contribution is 7.13. The van der Waals surface area contributed by atoms with Crippen LogP contribution >= 0.6 is 11.3 Å². The number of benzene rings is 1. The molecule has 7 nitrogen and oxygen atoms in total. The first-order valence-corrected chi connectivity index (χ1v) is 8.17. The van der Waals surface area contributed by atoms with Crippen molar-refractivity contribution >= 4 is 34.2 Å². The summed E-state index contributed by atoms with van der Waals surface area (Å²) in [6, 6.07) is 4.75. The van der Waals surface area contributed by atoms with Gasteiger partial charge in [0.1, 0.15) is 5.75 Å². The molecule has 2 N–H and O–H groups in total. The van der Waals surface area contributed by atoms with Crippen LogP contribution in [0.4, 0.5) is 28.8 Å². The fourth-order valence-corrected chi connectivity index (χ4v) is 2.51. The van der Waals surface area contributed by atoms with Crippen LogP contribution in [0.3, 0.4) is 0 Å². The number of carbonyl (C=O) groups excluding carboxylic acids is 2. The zero-order chi connectivity index (χ0) is 19.2. The molecule has 11 heteroatoms. The molecule has 1 aromatic carbocycles. The number of nitrogens with zero attached hydrogens (tertiary/aromatic N) is 1. The first kappa shape index (κ1) is 19.5. The highest BCUT2D eigenvalue weighted by Gasteiger charge is 2.30. The van der Waals surface area contributed by atoms with Gasteiger partial charge < -0.3 is 14.8 Å². The molecule has 0 bridgehead atoms. The van der Waals surface area contributed by atoms with Crippen molar-refractivity contribution < 1.29 is 32.2 Å². The third-order valence-electron chi connectivity index (χ3n) is 2.75. The Hall–Kier alpha value is -2.82. The van der Waals surface area contributed by atoms with Crippen molar-refractivity contribution in [2.45, 2.75) is 19.7 Å². The molecule has 1 heterocycles. The monoisotopic (exact) mass is 389 g/mol. The van der Waals surface area contributed by atoms with E-state index in [1.54, 1.807) is 12.3 Å². The number of aromatic nitrogens is 1. The van der Waals surface area contributed by atoms with Crippen molar-refractivity contribution in [2.75, 3.05) is 17.2 Å². The van der Waals surface area contributed by atoms with Gasteiger partial charge >= 0.3 is 12.5 Å². The van der Waals surface area contributed by atoms with Crippen molar-refractivity contribution in [1.29, 1.82) is 0 Å². The van der Waals surface area contributed by atoms with Gasteiger partial charge in [-0.1, -0.05) is 0 Å². The fourth-order valence-electron chi connectivity index (χ4n) is 1.81. The van der Waals surface area contributed by atoms with E-state index >= 15 is 0 Å². The first-order valence-electron chi connectivity index (χ1n) is 7.29. The number of hydrogen-bond acceptors (Lipinski definition) is 6. The van der Waals surface area contributed by atoms with E-state index in [9.17, 15) is 22.8 Å². The number of nitrogens with one attached hydrogen (secondary N) is 2. The van der Waals surface area contributed by atoms with Crippen LogP contribution in [0.15, 0.2) is 29.6 Å². The van der Waals surface area contributed by atoms with Crippen molar-refractivity contribution in [2.24, 2.45) is 0 Å². The van der Waals surface area contributed by atoms with E-state index in [-0.39, 0.29) is 18.8 Å². The van der Waals surface area contributed by atoms with E-state index in [2.05, 4.69) is 20.4 Å². The normalized spacial score (nSPS) is 10.9. The lowest BCUT2D eigenvalue weighted by molar-refractivity contribution is -0.274. The average Bonchev–Trinajstić information content (AvgIpc) is 2.94. The van der Waals surface area contributed by atoms with Crippen LogP contribution in [0.2, 0.25) is 0 Å². The molecule has 26 heavy (non-hydrogen) atoms. The lowest BCUT2D eigenvalue weighted by atomic mass is 10.2. The Morgan fingerprint density at radius 1 is 1.19 bits per heavy atom. The Kier molecular flexibility index (Phi) is 6.39. The molecule has 0 aliphatic carbocycles. The fraction of sp³-hybridized carbons (Fsp3) is 0.267. The molecule has 1 aromatic heterocycles. The third kappa shape index (κ3) is 6.59. The van der Waals surface area contributed by atoms with Gasteiger partial charge in [0, 0.05) is 11.1 Å². The van der Waals surface area contributed by atoms with Gasteiger partial charge in [-0.15, -0.1) is 24.5 Å². The molecule has 2 rings (SSSR count).